The number of hydrogen-bond acceptors (Lipinski definition) is 6. The number of nitrogens with zero attached hydrogens (tertiary/aromatic N) is 3. The molecule has 0 radical (unpaired) electrons. The predicted molar refractivity (Wildman–Crippen MR) is 76.4 cm³/mol. The summed E-state index contributed by atoms with van der Waals surface area (Å²) in [7, 11) is 3.06. The summed E-state index contributed by atoms with van der Waals surface area (Å²) in [5, 5.41) is 22.1. The van der Waals surface area contributed by atoms with Gasteiger partial charge in [-0.1, -0.05) is 0 Å². The van der Waals surface area contributed by atoms with Gasteiger partial charge in [0.2, 0.25) is 5.90 Å². The van der Waals surface area contributed by atoms with Crippen molar-refractivity contribution in [2.45, 2.75) is 46.8 Å². The fraction of sp³-hybridized carbons (Fsp3) is 0.786. The summed E-state index contributed by atoms with van der Waals surface area (Å²) in [6, 6.07) is 4.40. The summed E-state index contributed by atoms with van der Waals surface area (Å²) < 4.78 is 10.4. The molecule has 0 aliphatic carbocycles. The first-order chi connectivity index (χ1) is 9.19. The molecule has 0 aromatic carbocycles. The third-order valence-electron chi connectivity index (χ3n) is 2.75. The Bertz CT molecular complexity index is 416. The Hall–Kier alpha value is -1.79. The van der Waals surface area contributed by atoms with Crippen molar-refractivity contribution in [3.8, 4) is 12.1 Å². The minimum atomic E-state index is -0.551. The van der Waals surface area contributed by atoms with Crippen LogP contribution in [0.25, 0.3) is 0 Å². The van der Waals surface area contributed by atoms with Gasteiger partial charge in [0.05, 0.1) is 30.1 Å². The normalized spacial score (nSPS) is 14.1. The third kappa shape index (κ3) is 6.96. The van der Waals surface area contributed by atoms with E-state index in [2.05, 4.69) is 22.7 Å². The zero-order valence-corrected chi connectivity index (χ0v) is 13.1. The van der Waals surface area contributed by atoms with Crippen LogP contribution in [-0.2, 0) is 9.47 Å². The van der Waals surface area contributed by atoms with Crippen LogP contribution in [0.5, 0.6) is 0 Å². The standard InChI is InChI=1S/C14H24N4O2/c1-13(2,9-15)7-11(19-5)17-18-12(20-6)8-14(3,4)10-16/h11,17H,7-8H2,1-6H3. The highest BCUT2D eigenvalue weighted by Gasteiger charge is 2.24. The molecule has 6 heteroatoms. The molecule has 20 heavy (non-hydrogen) atoms. The fourth-order valence-corrected chi connectivity index (χ4v) is 1.41. The first-order valence-electron chi connectivity index (χ1n) is 6.41. The number of nitrogens with one attached hydrogen (secondary N) is 1. The molecule has 0 saturated heterocycles. The number of methoxy groups -OCH3 is 2. The topological polar surface area (TPSA) is 90.4 Å². The molecule has 0 fully saturated rings. The van der Waals surface area contributed by atoms with Crippen molar-refractivity contribution in [1.29, 1.82) is 10.5 Å². The van der Waals surface area contributed by atoms with E-state index in [1.807, 2.05) is 27.7 Å². The van der Waals surface area contributed by atoms with Gasteiger partial charge in [-0.25, -0.2) is 0 Å². The Kier molecular flexibility index (Phi) is 7.02. The van der Waals surface area contributed by atoms with Crippen LogP contribution in [0.2, 0.25) is 0 Å². The number of rotatable bonds is 7. The molecule has 1 unspecified atom stereocenters. The molecular weight excluding hydrogens is 256 g/mol. The van der Waals surface area contributed by atoms with Gasteiger partial charge in [-0.05, 0) is 27.7 Å². The maximum Gasteiger partial charge on any atom is 0.207 e. The predicted octanol–water partition coefficient (Wildman–Crippen LogP) is 2.39. The highest BCUT2D eigenvalue weighted by Crippen LogP contribution is 2.22. The Labute approximate surface area is 121 Å². The van der Waals surface area contributed by atoms with E-state index >= 15 is 0 Å². The molecule has 1 atom stereocenters. The summed E-state index contributed by atoms with van der Waals surface area (Å²) in [6.45, 7) is 7.29. The Balaban J connectivity index is 4.70. The fourth-order valence-electron chi connectivity index (χ4n) is 1.41. The summed E-state index contributed by atoms with van der Waals surface area (Å²) in [5.74, 6) is 0.424. The summed E-state index contributed by atoms with van der Waals surface area (Å²) in [6.07, 6.45) is 0.493. The minimum absolute atomic E-state index is 0.389. The lowest BCUT2D eigenvalue weighted by atomic mass is 9.90. The smallest absolute Gasteiger partial charge is 0.207 e. The Morgan fingerprint density at radius 1 is 1.15 bits per heavy atom. The maximum atomic E-state index is 9.02. The van der Waals surface area contributed by atoms with Crippen LogP contribution in [0, 0.1) is 33.5 Å². The van der Waals surface area contributed by atoms with Crippen LogP contribution in [0.3, 0.4) is 0 Å². The molecule has 0 aliphatic rings. The highest BCUT2D eigenvalue weighted by molar-refractivity contribution is 5.76. The zero-order chi connectivity index (χ0) is 15.8. The molecular formula is C14H24N4O2. The molecule has 0 rings (SSSR count). The van der Waals surface area contributed by atoms with E-state index in [4.69, 9.17) is 20.0 Å². The van der Waals surface area contributed by atoms with Crippen molar-refractivity contribution < 1.29 is 9.47 Å². The second-order valence-electron chi connectivity index (χ2n) is 5.94. The Morgan fingerprint density at radius 2 is 1.70 bits per heavy atom. The lowest BCUT2D eigenvalue weighted by Gasteiger charge is -2.23. The van der Waals surface area contributed by atoms with Gasteiger partial charge in [0, 0.05) is 20.0 Å². The van der Waals surface area contributed by atoms with Gasteiger partial charge in [0.1, 0.15) is 6.23 Å². The molecule has 0 heterocycles. The number of nitriles is 2. The van der Waals surface area contributed by atoms with Gasteiger partial charge >= 0.3 is 0 Å². The van der Waals surface area contributed by atoms with Crippen molar-refractivity contribution >= 4 is 5.90 Å². The zero-order valence-electron chi connectivity index (χ0n) is 13.1. The van der Waals surface area contributed by atoms with Crippen molar-refractivity contribution in [2.75, 3.05) is 14.2 Å². The second-order valence-corrected chi connectivity index (χ2v) is 5.94. The molecule has 0 aliphatic heterocycles. The SMILES string of the molecule is COC(CC(C)(C)C#N)=NNC(CC(C)(C)C#N)OC. The molecule has 0 saturated carbocycles. The third-order valence-corrected chi connectivity index (χ3v) is 2.75. The lowest BCUT2D eigenvalue weighted by Crippen LogP contribution is -2.33. The minimum Gasteiger partial charge on any atom is -0.483 e. The number of ether oxygens (including phenoxy) is 2. The van der Waals surface area contributed by atoms with E-state index < -0.39 is 10.8 Å². The number of hydrogen-bond donors (Lipinski definition) is 1. The van der Waals surface area contributed by atoms with Crippen LogP contribution >= 0.6 is 0 Å². The Morgan fingerprint density at radius 3 is 2.10 bits per heavy atom. The molecule has 1 N–H and O–H groups in total. The molecule has 0 aromatic heterocycles. The summed E-state index contributed by atoms with van der Waals surface area (Å²) >= 11 is 0. The lowest BCUT2D eigenvalue weighted by molar-refractivity contribution is 0.0473. The van der Waals surface area contributed by atoms with Crippen LogP contribution in [-0.4, -0.2) is 26.3 Å². The monoisotopic (exact) mass is 280 g/mol. The van der Waals surface area contributed by atoms with E-state index in [-0.39, 0.29) is 6.23 Å². The van der Waals surface area contributed by atoms with Crippen LogP contribution in [0.15, 0.2) is 5.10 Å². The van der Waals surface area contributed by atoms with Gasteiger partial charge in [0.25, 0.3) is 0 Å². The summed E-state index contributed by atoms with van der Waals surface area (Å²) in [4.78, 5) is 0. The average molecular weight is 280 g/mol. The molecule has 0 bridgehead atoms. The number of hydrazone groups is 1. The van der Waals surface area contributed by atoms with Crippen LogP contribution in [0.1, 0.15) is 40.5 Å². The van der Waals surface area contributed by atoms with E-state index in [1.165, 1.54) is 7.11 Å². The van der Waals surface area contributed by atoms with Crippen molar-refractivity contribution in [2.24, 2.45) is 15.9 Å². The van der Waals surface area contributed by atoms with Crippen LogP contribution < -0.4 is 5.43 Å². The van der Waals surface area contributed by atoms with Crippen molar-refractivity contribution in [3.63, 3.8) is 0 Å². The molecule has 0 amide bonds. The molecule has 0 spiro atoms. The van der Waals surface area contributed by atoms with E-state index in [1.54, 1.807) is 7.11 Å². The highest BCUT2D eigenvalue weighted by atomic mass is 16.5. The molecule has 0 aromatic rings. The van der Waals surface area contributed by atoms with Crippen LogP contribution in [0.4, 0.5) is 0 Å². The quantitative estimate of drug-likeness (QED) is 0.334. The van der Waals surface area contributed by atoms with E-state index in [9.17, 15) is 0 Å². The average Bonchev–Trinajstić information content (AvgIpc) is 2.41. The van der Waals surface area contributed by atoms with Gasteiger partial charge in [-0.3, -0.25) is 5.43 Å². The van der Waals surface area contributed by atoms with Crippen molar-refractivity contribution in [1.82, 2.24) is 5.43 Å². The van der Waals surface area contributed by atoms with E-state index in [0.717, 1.165) is 0 Å². The van der Waals surface area contributed by atoms with Crippen molar-refractivity contribution in [3.05, 3.63) is 0 Å². The van der Waals surface area contributed by atoms with Gasteiger partial charge < -0.3 is 9.47 Å². The molecule has 112 valence electrons. The summed E-state index contributed by atoms with van der Waals surface area (Å²) in [5.41, 5.74) is 1.78. The van der Waals surface area contributed by atoms with Gasteiger partial charge in [-0.15, -0.1) is 5.10 Å². The first-order valence-corrected chi connectivity index (χ1v) is 6.41. The molecule has 6 nitrogen and oxygen atoms in total. The van der Waals surface area contributed by atoms with E-state index in [0.29, 0.717) is 18.7 Å². The first kappa shape index (κ1) is 18.2. The second kappa shape index (κ2) is 7.72. The maximum absolute atomic E-state index is 9.02. The van der Waals surface area contributed by atoms with Gasteiger partial charge in [-0.2, -0.15) is 10.5 Å². The van der Waals surface area contributed by atoms with Gasteiger partial charge in [0.15, 0.2) is 0 Å². The largest absolute Gasteiger partial charge is 0.483 e.